The first-order valence-corrected chi connectivity index (χ1v) is 18.3. The van der Waals surface area contributed by atoms with Crippen LogP contribution in [0, 0.1) is 19.8 Å². The number of sulfonamides is 1. The number of hydrogen-bond donors (Lipinski definition) is 3. The third kappa shape index (κ3) is 10.0. The van der Waals surface area contributed by atoms with Crippen LogP contribution in [0.2, 0.25) is 0 Å². The molecular formula is C35H46F3N5O8S. The molecule has 3 aromatic rings. The summed E-state index contributed by atoms with van der Waals surface area (Å²) >= 11 is 0. The molecule has 0 saturated heterocycles. The van der Waals surface area contributed by atoms with Crippen molar-refractivity contribution in [3.8, 4) is 5.75 Å². The number of likely N-dealkylation sites (N-methyl/N-ethyl adjacent to an activating group) is 1. The lowest BCUT2D eigenvalue weighted by Crippen LogP contribution is -2.48. The first-order chi connectivity index (χ1) is 24.4. The molecule has 2 heterocycles. The standard InChI is InChI=1S/C35H46F3N5O8S/c1-21-18-43(22(2)20-44)33(45)29-17-28(40-34(46)39-27-12-10-26(11-13-27)35(36,37)38)14-15-30(29)50-23(3)9-7-8-16-49-31(21)19-42(6)52(47,48)32-24(4)41-51-25(32)5/h10-15,17,21-23,31,44H,7-9,16,18-20H2,1-6H3,(H2,39,40,46)/t21-,22-,23-,31+/m0/s1. The molecule has 2 aromatic carbocycles. The molecule has 0 fully saturated rings. The van der Waals surface area contributed by atoms with Crippen molar-refractivity contribution in [3.05, 3.63) is 65.0 Å². The minimum absolute atomic E-state index is 0.0164. The number of aliphatic hydroxyl groups is 1. The van der Waals surface area contributed by atoms with Crippen LogP contribution < -0.4 is 15.4 Å². The molecule has 3 N–H and O–H groups in total. The smallest absolute Gasteiger partial charge is 0.416 e. The van der Waals surface area contributed by atoms with Crippen LogP contribution in [-0.4, -0.2) is 91.4 Å². The fourth-order valence-electron chi connectivity index (χ4n) is 5.85. The fourth-order valence-corrected chi connectivity index (χ4v) is 7.32. The number of rotatable bonds is 8. The van der Waals surface area contributed by atoms with Crippen molar-refractivity contribution >= 4 is 33.3 Å². The summed E-state index contributed by atoms with van der Waals surface area (Å²) in [7, 11) is -2.56. The number of aromatic nitrogens is 1. The molecule has 0 bridgehead atoms. The molecule has 286 valence electrons. The molecule has 0 radical (unpaired) electrons. The number of ether oxygens (including phenoxy) is 2. The second-order valence-corrected chi connectivity index (χ2v) is 15.1. The maximum Gasteiger partial charge on any atom is 0.416 e. The van der Waals surface area contributed by atoms with Gasteiger partial charge in [-0.1, -0.05) is 12.1 Å². The Balaban J connectivity index is 1.61. The van der Waals surface area contributed by atoms with Gasteiger partial charge in [0, 0.05) is 44.0 Å². The van der Waals surface area contributed by atoms with E-state index in [9.17, 15) is 36.3 Å². The van der Waals surface area contributed by atoms with Gasteiger partial charge in [-0.15, -0.1) is 0 Å². The van der Waals surface area contributed by atoms with E-state index in [-0.39, 0.29) is 64.8 Å². The molecular weight excluding hydrogens is 707 g/mol. The van der Waals surface area contributed by atoms with Gasteiger partial charge in [0.15, 0.2) is 5.76 Å². The maximum atomic E-state index is 14.4. The van der Waals surface area contributed by atoms with Gasteiger partial charge >= 0.3 is 12.2 Å². The Morgan fingerprint density at radius 3 is 2.37 bits per heavy atom. The lowest BCUT2D eigenvalue weighted by molar-refractivity contribution is -0.137. The predicted octanol–water partition coefficient (Wildman–Crippen LogP) is 6.07. The third-order valence-electron chi connectivity index (χ3n) is 8.85. The molecule has 4 atom stereocenters. The van der Waals surface area contributed by atoms with Crippen LogP contribution in [0.5, 0.6) is 5.75 Å². The van der Waals surface area contributed by atoms with E-state index in [4.69, 9.17) is 14.0 Å². The van der Waals surface area contributed by atoms with E-state index in [0.29, 0.717) is 19.4 Å². The van der Waals surface area contributed by atoms with E-state index in [1.165, 1.54) is 35.3 Å². The van der Waals surface area contributed by atoms with E-state index in [2.05, 4.69) is 15.8 Å². The Morgan fingerprint density at radius 1 is 1.10 bits per heavy atom. The van der Waals surface area contributed by atoms with E-state index < -0.39 is 51.8 Å². The molecule has 1 aliphatic rings. The van der Waals surface area contributed by atoms with Crippen molar-refractivity contribution in [2.75, 3.05) is 44.0 Å². The quantitative estimate of drug-likeness (QED) is 0.248. The highest BCUT2D eigenvalue weighted by atomic mass is 32.2. The molecule has 52 heavy (non-hydrogen) atoms. The number of nitrogens with zero attached hydrogens (tertiary/aromatic N) is 3. The normalized spacial score (nSPS) is 20.1. The maximum absolute atomic E-state index is 14.4. The van der Waals surface area contributed by atoms with Gasteiger partial charge in [0.2, 0.25) is 10.0 Å². The Kier molecular flexibility index (Phi) is 13.3. The van der Waals surface area contributed by atoms with Gasteiger partial charge in [-0.05, 0) is 89.4 Å². The van der Waals surface area contributed by atoms with Gasteiger partial charge in [-0.25, -0.2) is 13.2 Å². The molecule has 1 aliphatic heterocycles. The zero-order valence-corrected chi connectivity index (χ0v) is 30.8. The van der Waals surface area contributed by atoms with Gasteiger partial charge < -0.3 is 34.6 Å². The van der Waals surface area contributed by atoms with Crippen molar-refractivity contribution in [1.82, 2.24) is 14.4 Å². The van der Waals surface area contributed by atoms with Crippen LogP contribution in [0.4, 0.5) is 29.3 Å². The molecule has 4 rings (SSSR count). The number of nitrogens with one attached hydrogen (secondary N) is 2. The van der Waals surface area contributed by atoms with Crippen LogP contribution in [-0.2, 0) is 20.9 Å². The number of alkyl halides is 3. The number of carbonyl (C=O) groups excluding carboxylic acids is 2. The minimum atomic E-state index is -4.52. The molecule has 17 heteroatoms. The van der Waals surface area contributed by atoms with E-state index in [0.717, 1.165) is 30.7 Å². The van der Waals surface area contributed by atoms with Gasteiger partial charge in [-0.3, -0.25) is 4.79 Å². The number of aliphatic hydroxyl groups excluding tert-OH is 1. The molecule has 0 unspecified atom stereocenters. The van der Waals surface area contributed by atoms with Crippen LogP contribution >= 0.6 is 0 Å². The van der Waals surface area contributed by atoms with Crippen molar-refractivity contribution in [2.24, 2.45) is 5.92 Å². The third-order valence-corrected chi connectivity index (χ3v) is 10.9. The number of aryl methyl sites for hydroxylation is 2. The van der Waals surface area contributed by atoms with E-state index in [1.807, 2.05) is 13.8 Å². The number of amides is 3. The number of halogens is 3. The number of carbonyl (C=O) groups is 2. The number of benzene rings is 2. The fraction of sp³-hybridized carbons (Fsp3) is 0.514. The second-order valence-electron chi connectivity index (χ2n) is 13.1. The Bertz CT molecular complexity index is 1780. The summed E-state index contributed by atoms with van der Waals surface area (Å²) in [5.41, 5.74) is -0.208. The zero-order valence-electron chi connectivity index (χ0n) is 30.0. The van der Waals surface area contributed by atoms with Crippen LogP contribution in [0.1, 0.15) is 67.4 Å². The predicted molar refractivity (Wildman–Crippen MR) is 187 cm³/mol. The average molecular weight is 754 g/mol. The lowest BCUT2D eigenvalue weighted by Gasteiger charge is -2.35. The monoisotopic (exact) mass is 753 g/mol. The Labute approximate surface area is 301 Å². The minimum Gasteiger partial charge on any atom is -0.490 e. The van der Waals surface area contributed by atoms with E-state index in [1.54, 1.807) is 19.9 Å². The van der Waals surface area contributed by atoms with Gasteiger partial charge in [-0.2, -0.15) is 17.5 Å². The lowest BCUT2D eigenvalue weighted by atomic mass is 10.0. The summed E-state index contributed by atoms with van der Waals surface area (Å²) < 4.78 is 84.8. The molecule has 0 saturated carbocycles. The molecule has 0 aliphatic carbocycles. The summed E-state index contributed by atoms with van der Waals surface area (Å²) in [6.45, 7) is 8.41. The van der Waals surface area contributed by atoms with Crippen LogP contribution in [0.25, 0.3) is 0 Å². The van der Waals surface area contributed by atoms with Crippen LogP contribution in [0.15, 0.2) is 51.9 Å². The first kappa shape index (κ1) is 40.6. The van der Waals surface area contributed by atoms with Gasteiger partial charge in [0.05, 0.1) is 36.0 Å². The summed E-state index contributed by atoms with van der Waals surface area (Å²) in [5.74, 6) is -0.528. The average Bonchev–Trinajstić information content (AvgIpc) is 3.43. The van der Waals surface area contributed by atoms with Gasteiger partial charge in [0.1, 0.15) is 16.3 Å². The summed E-state index contributed by atoms with van der Waals surface area (Å²) in [6, 6.07) is 7.03. The topological polar surface area (TPSA) is 164 Å². The number of urea groups is 1. The number of anilines is 2. The Morgan fingerprint density at radius 2 is 1.75 bits per heavy atom. The number of hydrogen-bond acceptors (Lipinski definition) is 9. The molecule has 0 spiro atoms. The first-order valence-electron chi connectivity index (χ1n) is 16.9. The van der Waals surface area contributed by atoms with Crippen molar-refractivity contribution in [2.45, 2.75) is 83.2 Å². The summed E-state index contributed by atoms with van der Waals surface area (Å²) in [5, 5.41) is 19.1. The second kappa shape index (κ2) is 17.1. The molecule has 1 aromatic heterocycles. The van der Waals surface area contributed by atoms with Crippen molar-refractivity contribution < 1.29 is 50.3 Å². The highest BCUT2D eigenvalue weighted by Crippen LogP contribution is 2.31. The molecule has 3 amide bonds. The van der Waals surface area contributed by atoms with E-state index >= 15 is 0 Å². The molecule has 13 nitrogen and oxygen atoms in total. The highest BCUT2D eigenvalue weighted by molar-refractivity contribution is 7.89. The summed E-state index contributed by atoms with van der Waals surface area (Å²) in [6.07, 6.45) is -3.50. The summed E-state index contributed by atoms with van der Waals surface area (Å²) in [4.78, 5) is 28.6. The largest absolute Gasteiger partial charge is 0.490 e. The van der Waals surface area contributed by atoms with Crippen LogP contribution in [0.3, 0.4) is 0 Å². The van der Waals surface area contributed by atoms with Crippen molar-refractivity contribution in [1.29, 1.82) is 0 Å². The zero-order chi connectivity index (χ0) is 38.4. The van der Waals surface area contributed by atoms with Crippen molar-refractivity contribution in [3.63, 3.8) is 0 Å². The SMILES string of the molecule is Cc1noc(C)c1S(=O)(=O)N(C)C[C@H]1OCCCC[C@H](C)Oc2ccc(NC(=O)Nc3ccc(C(F)(F)F)cc3)cc2C(=O)N([C@@H](C)CO)C[C@@H]1C. The van der Waals surface area contributed by atoms with Gasteiger partial charge in [0.25, 0.3) is 5.91 Å². The Hall–Kier alpha value is -4.19. The number of fused-ring (bicyclic) bond motifs is 1. The highest BCUT2D eigenvalue weighted by Gasteiger charge is 2.35.